The van der Waals surface area contributed by atoms with Crippen molar-refractivity contribution in [1.82, 2.24) is 4.90 Å². The highest BCUT2D eigenvalue weighted by Gasteiger charge is 2.44. The molecular formula is C17H27NO3. The van der Waals surface area contributed by atoms with E-state index < -0.39 is 5.60 Å². The second kappa shape index (κ2) is 6.77. The molecular weight excluding hydrogens is 266 g/mol. The maximum Gasteiger partial charge on any atom is 0.119 e. The summed E-state index contributed by atoms with van der Waals surface area (Å²) in [6.07, 6.45) is 0. The number of rotatable bonds is 6. The number of ether oxygens (including phenoxy) is 1. The van der Waals surface area contributed by atoms with Crippen LogP contribution in [0, 0.1) is 11.8 Å². The van der Waals surface area contributed by atoms with Gasteiger partial charge in [0.1, 0.15) is 12.4 Å². The van der Waals surface area contributed by atoms with Gasteiger partial charge in [-0.1, -0.05) is 32.9 Å². The van der Waals surface area contributed by atoms with Crippen LogP contribution in [-0.4, -0.2) is 47.0 Å². The highest BCUT2D eigenvalue weighted by Crippen LogP contribution is 2.34. The largest absolute Gasteiger partial charge is 0.491 e. The van der Waals surface area contributed by atoms with Gasteiger partial charge in [-0.2, -0.15) is 0 Å². The van der Waals surface area contributed by atoms with Crippen molar-refractivity contribution >= 4 is 0 Å². The molecule has 1 fully saturated rings. The van der Waals surface area contributed by atoms with Gasteiger partial charge in [0.2, 0.25) is 0 Å². The van der Waals surface area contributed by atoms with Gasteiger partial charge in [0, 0.05) is 19.6 Å². The number of aliphatic hydroxyl groups is 2. The van der Waals surface area contributed by atoms with Gasteiger partial charge < -0.3 is 14.9 Å². The van der Waals surface area contributed by atoms with Gasteiger partial charge in [-0.05, 0) is 29.5 Å². The molecule has 0 bridgehead atoms. The normalized spacial score (nSPS) is 26.5. The molecule has 0 aromatic heterocycles. The van der Waals surface area contributed by atoms with E-state index in [0.717, 1.165) is 18.8 Å². The van der Waals surface area contributed by atoms with Crippen LogP contribution < -0.4 is 4.74 Å². The first kappa shape index (κ1) is 16.3. The van der Waals surface area contributed by atoms with Crippen LogP contribution in [0.2, 0.25) is 0 Å². The number of benzene rings is 1. The standard InChI is InChI=1S/C17H27NO3/c1-13(2)17(20)12-18(10-14(17)3)11-15-5-4-6-16(9-15)21-8-7-19/h4-6,9,13-14,19-20H,7-8,10-12H2,1-3H3/t14-,17-/m0/s1. The number of β-amino-alcohol motifs (C(OH)–C–C–N with tert-alkyl or cyclic N) is 1. The van der Waals surface area contributed by atoms with Crippen molar-refractivity contribution in [2.24, 2.45) is 11.8 Å². The third kappa shape index (κ3) is 3.76. The van der Waals surface area contributed by atoms with Gasteiger partial charge >= 0.3 is 0 Å². The average Bonchev–Trinajstić information content (AvgIpc) is 2.73. The molecule has 4 nitrogen and oxygen atoms in total. The van der Waals surface area contributed by atoms with E-state index in [-0.39, 0.29) is 18.4 Å². The lowest BCUT2D eigenvalue weighted by Crippen LogP contribution is -2.42. The Labute approximate surface area is 127 Å². The highest BCUT2D eigenvalue weighted by atomic mass is 16.5. The summed E-state index contributed by atoms with van der Waals surface area (Å²) in [5, 5.41) is 19.6. The summed E-state index contributed by atoms with van der Waals surface area (Å²) in [5.41, 5.74) is 0.580. The molecule has 0 amide bonds. The molecule has 0 unspecified atom stereocenters. The topological polar surface area (TPSA) is 52.9 Å². The molecule has 0 radical (unpaired) electrons. The van der Waals surface area contributed by atoms with E-state index in [1.807, 2.05) is 18.2 Å². The minimum atomic E-state index is -0.592. The van der Waals surface area contributed by atoms with Crippen LogP contribution in [-0.2, 0) is 6.54 Å². The predicted octanol–water partition coefficient (Wildman–Crippen LogP) is 1.90. The van der Waals surface area contributed by atoms with Crippen LogP contribution in [0.5, 0.6) is 5.75 Å². The zero-order valence-corrected chi connectivity index (χ0v) is 13.2. The van der Waals surface area contributed by atoms with E-state index >= 15 is 0 Å². The van der Waals surface area contributed by atoms with Crippen molar-refractivity contribution in [3.8, 4) is 5.75 Å². The first-order valence-electron chi connectivity index (χ1n) is 7.73. The summed E-state index contributed by atoms with van der Waals surface area (Å²) in [6.45, 7) is 9.08. The number of nitrogens with zero attached hydrogens (tertiary/aromatic N) is 1. The third-order valence-corrected chi connectivity index (χ3v) is 4.53. The summed E-state index contributed by atoms with van der Waals surface area (Å²) in [5.74, 6) is 1.33. The summed E-state index contributed by atoms with van der Waals surface area (Å²) < 4.78 is 5.44. The molecule has 2 N–H and O–H groups in total. The highest BCUT2D eigenvalue weighted by molar-refractivity contribution is 5.28. The maximum absolute atomic E-state index is 10.8. The zero-order chi connectivity index (χ0) is 15.5. The molecule has 2 atom stereocenters. The molecule has 4 heteroatoms. The Morgan fingerprint density at radius 1 is 1.43 bits per heavy atom. The lowest BCUT2D eigenvalue weighted by molar-refractivity contribution is -0.0255. The molecule has 118 valence electrons. The third-order valence-electron chi connectivity index (χ3n) is 4.53. The van der Waals surface area contributed by atoms with Crippen molar-refractivity contribution in [2.75, 3.05) is 26.3 Å². The maximum atomic E-state index is 10.8. The van der Waals surface area contributed by atoms with Crippen molar-refractivity contribution < 1.29 is 14.9 Å². The molecule has 21 heavy (non-hydrogen) atoms. The van der Waals surface area contributed by atoms with E-state index in [0.29, 0.717) is 13.2 Å². The molecule has 0 spiro atoms. The predicted molar refractivity (Wildman–Crippen MR) is 83.3 cm³/mol. The van der Waals surface area contributed by atoms with Crippen molar-refractivity contribution in [3.63, 3.8) is 0 Å². The fourth-order valence-corrected chi connectivity index (χ4v) is 3.15. The molecule has 1 aliphatic heterocycles. The molecule has 1 aromatic carbocycles. The summed E-state index contributed by atoms with van der Waals surface area (Å²) in [7, 11) is 0. The summed E-state index contributed by atoms with van der Waals surface area (Å²) >= 11 is 0. The summed E-state index contributed by atoms with van der Waals surface area (Å²) in [4.78, 5) is 2.30. The van der Waals surface area contributed by atoms with Gasteiger partial charge in [0.25, 0.3) is 0 Å². The number of aliphatic hydroxyl groups excluding tert-OH is 1. The van der Waals surface area contributed by atoms with Crippen LogP contribution in [0.4, 0.5) is 0 Å². The average molecular weight is 293 g/mol. The monoisotopic (exact) mass is 293 g/mol. The number of hydrogen-bond donors (Lipinski definition) is 2. The van der Waals surface area contributed by atoms with E-state index in [1.54, 1.807) is 0 Å². The number of likely N-dealkylation sites (tertiary alicyclic amines) is 1. The minimum absolute atomic E-state index is 0.0231. The van der Waals surface area contributed by atoms with Crippen LogP contribution in [0.1, 0.15) is 26.3 Å². The molecule has 2 rings (SSSR count). The van der Waals surface area contributed by atoms with E-state index in [2.05, 4.69) is 31.7 Å². The van der Waals surface area contributed by atoms with E-state index in [4.69, 9.17) is 9.84 Å². The Hall–Kier alpha value is -1.10. The smallest absolute Gasteiger partial charge is 0.119 e. The second-order valence-corrected chi connectivity index (χ2v) is 6.44. The Morgan fingerprint density at radius 2 is 2.19 bits per heavy atom. The van der Waals surface area contributed by atoms with Crippen LogP contribution >= 0.6 is 0 Å². The zero-order valence-electron chi connectivity index (χ0n) is 13.2. The van der Waals surface area contributed by atoms with Crippen molar-refractivity contribution in [1.29, 1.82) is 0 Å². The molecule has 0 aliphatic carbocycles. The fraction of sp³-hybridized carbons (Fsp3) is 0.647. The van der Waals surface area contributed by atoms with Crippen molar-refractivity contribution in [2.45, 2.75) is 32.9 Å². The second-order valence-electron chi connectivity index (χ2n) is 6.44. The van der Waals surface area contributed by atoms with Gasteiger partial charge in [0.15, 0.2) is 0 Å². The molecule has 1 aliphatic rings. The van der Waals surface area contributed by atoms with Gasteiger partial charge in [-0.15, -0.1) is 0 Å². The SMILES string of the molecule is CC(C)[C@@]1(O)CN(Cc2cccc(OCCO)c2)C[C@@H]1C. The van der Waals surface area contributed by atoms with E-state index in [9.17, 15) is 5.11 Å². The Balaban J connectivity index is 2.00. The Kier molecular flexibility index (Phi) is 5.25. The minimum Gasteiger partial charge on any atom is -0.491 e. The van der Waals surface area contributed by atoms with E-state index in [1.165, 1.54) is 5.56 Å². The first-order chi connectivity index (χ1) is 9.95. The van der Waals surface area contributed by atoms with Gasteiger partial charge in [-0.3, -0.25) is 4.90 Å². The lowest BCUT2D eigenvalue weighted by atomic mass is 9.82. The lowest BCUT2D eigenvalue weighted by Gasteiger charge is -2.31. The quantitative estimate of drug-likeness (QED) is 0.841. The molecule has 1 aromatic rings. The summed E-state index contributed by atoms with van der Waals surface area (Å²) in [6, 6.07) is 7.95. The number of hydrogen-bond acceptors (Lipinski definition) is 4. The molecule has 1 saturated heterocycles. The fourth-order valence-electron chi connectivity index (χ4n) is 3.15. The molecule has 1 heterocycles. The van der Waals surface area contributed by atoms with Crippen LogP contribution in [0.3, 0.4) is 0 Å². The van der Waals surface area contributed by atoms with Crippen LogP contribution in [0.25, 0.3) is 0 Å². The molecule has 0 saturated carbocycles. The van der Waals surface area contributed by atoms with Crippen molar-refractivity contribution in [3.05, 3.63) is 29.8 Å². The van der Waals surface area contributed by atoms with Gasteiger partial charge in [-0.25, -0.2) is 0 Å². The first-order valence-corrected chi connectivity index (χ1v) is 7.73. The van der Waals surface area contributed by atoms with Gasteiger partial charge in [0.05, 0.1) is 12.2 Å². The Bertz CT molecular complexity index is 463. The van der Waals surface area contributed by atoms with Crippen LogP contribution in [0.15, 0.2) is 24.3 Å². The Morgan fingerprint density at radius 3 is 2.81 bits per heavy atom.